The molecule has 7 heteroatoms. The van der Waals surface area contributed by atoms with Crippen LogP contribution < -0.4 is 5.32 Å². The minimum Gasteiger partial charge on any atom is -0.348 e. The zero-order valence-corrected chi connectivity index (χ0v) is 19.9. The van der Waals surface area contributed by atoms with E-state index < -0.39 is 12.2 Å². The number of thiazole rings is 1. The van der Waals surface area contributed by atoms with Gasteiger partial charge in [-0.2, -0.15) is 0 Å². The molecule has 0 radical (unpaired) electrons. The lowest BCUT2D eigenvalue weighted by Crippen LogP contribution is -2.49. The molecule has 1 aliphatic heterocycles. The minimum absolute atomic E-state index is 0.0192. The van der Waals surface area contributed by atoms with Crippen LogP contribution in [0.4, 0.5) is 4.39 Å². The zero-order valence-electron chi connectivity index (χ0n) is 19.1. The first-order chi connectivity index (χ1) is 14.5. The average molecular weight is 446 g/mol. The molecular formula is C24H32FN3O2S. The summed E-state index contributed by atoms with van der Waals surface area (Å²) in [7, 11) is 0. The third-order valence-corrected chi connectivity index (χ3v) is 7.26. The summed E-state index contributed by atoms with van der Waals surface area (Å²) in [6.45, 7) is 11.6. The highest BCUT2D eigenvalue weighted by atomic mass is 32.1. The summed E-state index contributed by atoms with van der Waals surface area (Å²) in [4.78, 5) is 32.8. The SMILES string of the molecule is Cc1ncsc1-c1ccc([C@H](C)NC(=O)[C@@H]2C[C@@H](F)CN2C(=O)[C@@H](C)C(C)(C)C)cc1. The molecule has 0 spiro atoms. The molecule has 4 atom stereocenters. The highest BCUT2D eigenvalue weighted by Gasteiger charge is 2.43. The van der Waals surface area contributed by atoms with E-state index in [0.717, 1.165) is 21.7 Å². The van der Waals surface area contributed by atoms with Gasteiger partial charge in [-0.05, 0) is 30.4 Å². The first-order valence-electron chi connectivity index (χ1n) is 10.7. The van der Waals surface area contributed by atoms with E-state index in [0.29, 0.717) is 0 Å². The lowest BCUT2D eigenvalue weighted by molar-refractivity contribution is -0.144. The van der Waals surface area contributed by atoms with Gasteiger partial charge < -0.3 is 10.2 Å². The van der Waals surface area contributed by atoms with Crippen molar-refractivity contribution < 1.29 is 14.0 Å². The van der Waals surface area contributed by atoms with Crippen molar-refractivity contribution in [2.24, 2.45) is 11.3 Å². The molecule has 1 N–H and O–H groups in total. The number of benzene rings is 1. The molecular weight excluding hydrogens is 413 g/mol. The smallest absolute Gasteiger partial charge is 0.243 e. The summed E-state index contributed by atoms with van der Waals surface area (Å²) in [5.41, 5.74) is 4.61. The first-order valence-corrected chi connectivity index (χ1v) is 11.6. The van der Waals surface area contributed by atoms with Crippen LogP contribution in [0.5, 0.6) is 0 Å². The zero-order chi connectivity index (χ0) is 22.9. The number of hydrogen-bond donors (Lipinski definition) is 1. The van der Waals surface area contributed by atoms with Crippen LogP contribution in [0, 0.1) is 18.3 Å². The van der Waals surface area contributed by atoms with Crippen molar-refractivity contribution in [3.63, 3.8) is 0 Å². The van der Waals surface area contributed by atoms with Crippen molar-refractivity contribution in [1.29, 1.82) is 0 Å². The van der Waals surface area contributed by atoms with Gasteiger partial charge in [0.1, 0.15) is 12.2 Å². The van der Waals surface area contributed by atoms with Crippen molar-refractivity contribution in [2.45, 2.75) is 66.2 Å². The van der Waals surface area contributed by atoms with Crippen LogP contribution in [0.3, 0.4) is 0 Å². The van der Waals surface area contributed by atoms with Crippen LogP contribution in [0.25, 0.3) is 10.4 Å². The van der Waals surface area contributed by atoms with E-state index in [2.05, 4.69) is 10.3 Å². The standard InChI is InChI=1S/C24H32FN3O2S/c1-14(24(4,5)6)23(30)28-12-19(25)11-20(28)22(29)27-15(2)17-7-9-18(10-8-17)21-16(3)26-13-31-21/h7-10,13-15,19-20H,11-12H2,1-6H3,(H,27,29)/t14-,15+,19-,20+/m1/s1. The number of alkyl halides is 1. The number of carbonyl (C=O) groups is 2. The predicted molar refractivity (Wildman–Crippen MR) is 122 cm³/mol. The normalized spacial score (nSPS) is 21.1. The summed E-state index contributed by atoms with van der Waals surface area (Å²) in [6, 6.07) is 6.99. The third kappa shape index (κ3) is 5.14. The fourth-order valence-corrected chi connectivity index (χ4v) is 4.60. The molecule has 0 unspecified atom stereocenters. The molecule has 31 heavy (non-hydrogen) atoms. The molecule has 1 aliphatic rings. The number of halogens is 1. The van der Waals surface area contributed by atoms with Crippen LogP contribution in [0.1, 0.15) is 58.3 Å². The van der Waals surface area contributed by atoms with Crippen molar-refractivity contribution >= 4 is 23.2 Å². The van der Waals surface area contributed by atoms with Gasteiger partial charge in [-0.25, -0.2) is 9.37 Å². The highest BCUT2D eigenvalue weighted by Crippen LogP contribution is 2.32. The number of likely N-dealkylation sites (tertiary alicyclic amines) is 1. The Morgan fingerprint density at radius 1 is 1.23 bits per heavy atom. The number of rotatable bonds is 5. The number of amides is 2. The van der Waals surface area contributed by atoms with E-state index in [4.69, 9.17) is 0 Å². The summed E-state index contributed by atoms with van der Waals surface area (Å²) in [6.07, 6.45) is -1.13. The molecule has 3 rings (SSSR count). The number of nitrogens with one attached hydrogen (secondary N) is 1. The molecule has 1 aromatic carbocycles. The molecule has 2 heterocycles. The Labute approximate surface area is 188 Å². The number of aromatic nitrogens is 1. The second-order valence-corrected chi connectivity index (χ2v) is 10.4. The van der Waals surface area contributed by atoms with E-state index in [1.165, 1.54) is 4.90 Å². The maximum absolute atomic E-state index is 14.2. The van der Waals surface area contributed by atoms with E-state index >= 15 is 0 Å². The summed E-state index contributed by atoms with van der Waals surface area (Å²) < 4.78 is 14.2. The molecule has 2 aromatic rings. The van der Waals surface area contributed by atoms with E-state index in [9.17, 15) is 14.0 Å². The van der Waals surface area contributed by atoms with E-state index in [-0.39, 0.29) is 42.2 Å². The van der Waals surface area contributed by atoms with Gasteiger partial charge in [0.25, 0.3) is 0 Å². The topological polar surface area (TPSA) is 62.3 Å². The number of hydrogen-bond acceptors (Lipinski definition) is 4. The molecule has 1 saturated heterocycles. The molecule has 168 valence electrons. The molecule has 0 saturated carbocycles. The Balaban J connectivity index is 1.69. The molecule has 5 nitrogen and oxygen atoms in total. The second-order valence-electron chi connectivity index (χ2n) is 9.55. The lowest BCUT2D eigenvalue weighted by Gasteiger charge is -2.33. The quantitative estimate of drug-likeness (QED) is 0.711. The van der Waals surface area contributed by atoms with Gasteiger partial charge in [-0.3, -0.25) is 9.59 Å². The predicted octanol–water partition coefficient (Wildman–Crippen LogP) is 4.92. The summed E-state index contributed by atoms with van der Waals surface area (Å²) in [5, 5.41) is 2.98. The van der Waals surface area contributed by atoms with E-state index in [1.807, 2.05) is 71.3 Å². The summed E-state index contributed by atoms with van der Waals surface area (Å²) >= 11 is 1.60. The molecule has 1 fully saturated rings. The highest BCUT2D eigenvalue weighted by molar-refractivity contribution is 7.13. The Kier molecular flexibility index (Phi) is 6.84. The van der Waals surface area contributed by atoms with Crippen LogP contribution in [0.15, 0.2) is 29.8 Å². The monoisotopic (exact) mass is 445 g/mol. The van der Waals surface area contributed by atoms with Crippen molar-refractivity contribution in [2.75, 3.05) is 6.54 Å². The maximum atomic E-state index is 14.2. The van der Waals surface area contributed by atoms with Crippen molar-refractivity contribution in [3.05, 3.63) is 41.0 Å². The Morgan fingerprint density at radius 2 is 1.87 bits per heavy atom. The number of carbonyl (C=O) groups excluding carboxylic acids is 2. The van der Waals surface area contributed by atoms with Crippen molar-refractivity contribution in [1.82, 2.24) is 15.2 Å². The fourth-order valence-electron chi connectivity index (χ4n) is 3.79. The van der Waals surface area contributed by atoms with Crippen LogP contribution in [-0.2, 0) is 9.59 Å². The maximum Gasteiger partial charge on any atom is 0.243 e. The molecule has 1 aromatic heterocycles. The van der Waals surface area contributed by atoms with Gasteiger partial charge in [-0.15, -0.1) is 11.3 Å². The number of nitrogens with zero attached hydrogens (tertiary/aromatic N) is 2. The molecule has 0 bridgehead atoms. The van der Waals surface area contributed by atoms with Gasteiger partial charge in [0.15, 0.2) is 0 Å². The van der Waals surface area contributed by atoms with Crippen LogP contribution in [-0.4, -0.2) is 40.5 Å². The molecule has 2 amide bonds. The minimum atomic E-state index is -1.18. The van der Waals surface area contributed by atoms with Gasteiger partial charge in [0.05, 0.1) is 28.7 Å². The van der Waals surface area contributed by atoms with Crippen molar-refractivity contribution in [3.8, 4) is 10.4 Å². The van der Waals surface area contributed by atoms with Crippen LogP contribution >= 0.6 is 11.3 Å². The van der Waals surface area contributed by atoms with Crippen LogP contribution in [0.2, 0.25) is 0 Å². The summed E-state index contributed by atoms with van der Waals surface area (Å²) in [5.74, 6) is -0.762. The van der Waals surface area contributed by atoms with E-state index in [1.54, 1.807) is 11.3 Å². The first kappa shape index (κ1) is 23.4. The largest absolute Gasteiger partial charge is 0.348 e. The van der Waals surface area contributed by atoms with Gasteiger partial charge in [-0.1, -0.05) is 52.0 Å². The lowest BCUT2D eigenvalue weighted by atomic mass is 9.81. The Hall–Kier alpha value is -2.28. The fraction of sp³-hybridized carbons (Fsp3) is 0.542. The number of aryl methyl sites for hydroxylation is 1. The Morgan fingerprint density at radius 3 is 2.42 bits per heavy atom. The van der Waals surface area contributed by atoms with Gasteiger partial charge in [0, 0.05) is 12.3 Å². The Bertz CT molecular complexity index is 935. The molecule has 0 aliphatic carbocycles. The third-order valence-electron chi connectivity index (χ3n) is 6.28. The second kappa shape index (κ2) is 9.07. The van der Waals surface area contributed by atoms with Gasteiger partial charge in [0.2, 0.25) is 11.8 Å². The average Bonchev–Trinajstić information content (AvgIpc) is 3.31. The van der Waals surface area contributed by atoms with Gasteiger partial charge >= 0.3 is 0 Å².